The van der Waals surface area contributed by atoms with Crippen LogP contribution in [0.2, 0.25) is 0 Å². The van der Waals surface area contributed by atoms with Crippen LogP contribution < -0.4 is 0 Å². The molecule has 1 aromatic heterocycles. The maximum absolute atomic E-state index is 11.3. The van der Waals surface area contributed by atoms with Crippen LogP contribution in [0.15, 0.2) is 6.20 Å². The van der Waals surface area contributed by atoms with Gasteiger partial charge in [-0.2, -0.15) is 0 Å². The molecule has 4 nitrogen and oxygen atoms in total. The Bertz CT molecular complexity index is 384. The fourth-order valence-electron chi connectivity index (χ4n) is 2.19. The first kappa shape index (κ1) is 11.2. The highest BCUT2D eigenvalue weighted by atomic mass is 16.5. The van der Waals surface area contributed by atoms with Crippen molar-refractivity contribution in [2.24, 2.45) is 0 Å². The van der Waals surface area contributed by atoms with Crippen molar-refractivity contribution in [3.63, 3.8) is 0 Å². The van der Waals surface area contributed by atoms with Crippen LogP contribution in [0.25, 0.3) is 0 Å². The third kappa shape index (κ3) is 2.26. The van der Waals surface area contributed by atoms with Gasteiger partial charge in [0.25, 0.3) is 0 Å². The standard InChI is InChI=1S/C12H18N2O2/c1-3-16-12(15)7-10-8-14-9(2)5-4-6-11(14)13-10/h8-9H,3-7H2,1-2H3. The highest BCUT2D eigenvalue weighted by molar-refractivity contribution is 5.71. The summed E-state index contributed by atoms with van der Waals surface area (Å²) in [6, 6.07) is 0.507. The maximum atomic E-state index is 11.3. The third-order valence-electron chi connectivity index (χ3n) is 2.99. The van der Waals surface area contributed by atoms with Crippen LogP contribution >= 0.6 is 0 Å². The average Bonchev–Trinajstić information content (AvgIpc) is 2.62. The van der Waals surface area contributed by atoms with Gasteiger partial charge in [0.15, 0.2) is 0 Å². The molecule has 1 unspecified atom stereocenters. The van der Waals surface area contributed by atoms with E-state index in [-0.39, 0.29) is 5.97 Å². The molecule has 2 rings (SSSR count). The Labute approximate surface area is 95.6 Å². The summed E-state index contributed by atoms with van der Waals surface area (Å²) in [7, 11) is 0. The van der Waals surface area contributed by atoms with Crippen LogP contribution in [-0.2, 0) is 22.4 Å². The van der Waals surface area contributed by atoms with Crippen LogP contribution in [0, 0.1) is 0 Å². The van der Waals surface area contributed by atoms with E-state index in [1.807, 2.05) is 13.1 Å². The minimum absolute atomic E-state index is 0.189. The van der Waals surface area contributed by atoms with Gasteiger partial charge < -0.3 is 9.30 Å². The van der Waals surface area contributed by atoms with E-state index >= 15 is 0 Å². The number of aryl methyl sites for hydroxylation is 1. The Balaban J connectivity index is 2.09. The molecule has 0 N–H and O–H groups in total. The summed E-state index contributed by atoms with van der Waals surface area (Å²) in [5.41, 5.74) is 0.835. The SMILES string of the molecule is CCOC(=O)Cc1cn2c(n1)CCCC2C. The summed E-state index contributed by atoms with van der Waals surface area (Å²) < 4.78 is 7.11. The number of esters is 1. The third-order valence-corrected chi connectivity index (χ3v) is 2.99. The normalized spacial score (nSPS) is 19.2. The van der Waals surface area contributed by atoms with Gasteiger partial charge in [-0.3, -0.25) is 4.79 Å². The van der Waals surface area contributed by atoms with E-state index in [2.05, 4.69) is 16.5 Å². The lowest BCUT2D eigenvalue weighted by atomic mass is 10.1. The lowest BCUT2D eigenvalue weighted by Crippen LogP contribution is -2.14. The number of hydrogen-bond donors (Lipinski definition) is 0. The van der Waals surface area contributed by atoms with Gasteiger partial charge in [0.2, 0.25) is 0 Å². The summed E-state index contributed by atoms with van der Waals surface area (Å²) in [5, 5.41) is 0. The van der Waals surface area contributed by atoms with Gasteiger partial charge in [-0.15, -0.1) is 0 Å². The Hall–Kier alpha value is -1.32. The first-order valence-electron chi connectivity index (χ1n) is 5.93. The molecule has 1 atom stereocenters. The topological polar surface area (TPSA) is 44.1 Å². The van der Waals surface area contributed by atoms with Crippen LogP contribution in [0.1, 0.15) is 44.2 Å². The average molecular weight is 222 g/mol. The van der Waals surface area contributed by atoms with Crippen molar-refractivity contribution >= 4 is 5.97 Å². The maximum Gasteiger partial charge on any atom is 0.311 e. The van der Waals surface area contributed by atoms with Gasteiger partial charge >= 0.3 is 5.97 Å². The quantitative estimate of drug-likeness (QED) is 0.733. The molecule has 0 aromatic carbocycles. The number of fused-ring (bicyclic) bond motifs is 1. The molecular formula is C12H18N2O2. The molecule has 0 amide bonds. The molecule has 0 spiro atoms. The molecular weight excluding hydrogens is 204 g/mol. The van der Waals surface area contributed by atoms with E-state index in [4.69, 9.17) is 4.74 Å². The van der Waals surface area contributed by atoms with Crippen LogP contribution in [0.5, 0.6) is 0 Å². The second-order valence-corrected chi connectivity index (χ2v) is 4.28. The Morgan fingerprint density at radius 1 is 1.69 bits per heavy atom. The van der Waals surface area contributed by atoms with E-state index < -0.39 is 0 Å². The number of aromatic nitrogens is 2. The Morgan fingerprint density at radius 2 is 2.50 bits per heavy atom. The number of imidazole rings is 1. The lowest BCUT2D eigenvalue weighted by Gasteiger charge is -2.20. The van der Waals surface area contributed by atoms with Crippen LogP contribution in [0.4, 0.5) is 0 Å². The summed E-state index contributed by atoms with van der Waals surface area (Å²) in [5.74, 6) is 0.920. The van der Waals surface area contributed by atoms with Gasteiger partial charge in [-0.05, 0) is 26.7 Å². The van der Waals surface area contributed by atoms with Crippen LogP contribution in [-0.4, -0.2) is 22.1 Å². The van der Waals surface area contributed by atoms with Crippen molar-refractivity contribution in [1.82, 2.24) is 9.55 Å². The summed E-state index contributed by atoms with van der Waals surface area (Å²) in [6.07, 6.45) is 5.70. The first-order chi connectivity index (χ1) is 7.70. The smallest absolute Gasteiger partial charge is 0.311 e. The second kappa shape index (κ2) is 4.68. The first-order valence-corrected chi connectivity index (χ1v) is 5.93. The molecule has 0 saturated carbocycles. The minimum atomic E-state index is -0.189. The molecule has 88 valence electrons. The van der Waals surface area contributed by atoms with Gasteiger partial charge in [0.05, 0.1) is 18.7 Å². The van der Waals surface area contributed by atoms with Gasteiger partial charge in [-0.25, -0.2) is 4.98 Å². The molecule has 0 saturated heterocycles. The van der Waals surface area contributed by atoms with E-state index in [1.165, 1.54) is 12.8 Å². The predicted octanol–water partition coefficient (Wildman–Crippen LogP) is 1.89. The van der Waals surface area contributed by atoms with Crippen LogP contribution in [0.3, 0.4) is 0 Å². The van der Waals surface area contributed by atoms with Crippen molar-refractivity contribution in [3.8, 4) is 0 Å². The summed E-state index contributed by atoms with van der Waals surface area (Å²) >= 11 is 0. The molecule has 2 heterocycles. The number of carbonyl (C=O) groups excluding carboxylic acids is 1. The molecule has 0 bridgehead atoms. The molecule has 1 aromatic rings. The van der Waals surface area contributed by atoms with E-state index in [9.17, 15) is 4.79 Å². The second-order valence-electron chi connectivity index (χ2n) is 4.28. The number of nitrogens with zero attached hydrogens (tertiary/aromatic N) is 2. The number of hydrogen-bond acceptors (Lipinski definition) is 3. The van der Waals surface area contributed by atoms with Crippen molar-refractivity contribution in [2.45, 2.75) is 45.6 Å². The molecule has 16 heavy (non-hydrogen) atoms. The van der Waals surface area contributed by atoms with Crippen molar-refractivity contribution in [1.29, 1.82) is 0 Å². The highest BCUT2D eigenvalue weighted by Gasteiger charge is 2.19. The Kier molecular flexibility index (Phi) is 3.27. The Morgan fingerprint density at radius 3 is 3.19 bits per heavy atom. The largest absolute Gasteiger partial charge is 0.466 e. The van der Waals surface area contributed by atoms with Crippen molar-refractivity contribution in [3.05, 3.63) is 17.7 Å². The molecule has 1 aliphatic rings. The zero-order valence-electron chi connectivity index (χ0n) is 9.90. The van der Waals surface area contributed by atoms with Gasteiger partial charge in [0, 0.05) is 18.7 Å². The van der Waals surface area contributed by atoms with E-state index in [1.54, 1.807) is 0 Å². The molecule has 4 heteroatoms. The fourth-order valence-corrected chi connectivity index (χ4v) is 2.19. The minimum Gasteiger partial charge on any atom is -0.466 e. The molecule has 0 fully saturated rings. The number of ether oxygens (including phenoxy) is 1. The number of rotatable bonds is 3. The van der Waals surface area contributed by atoms with Gasteiger partial charge in [0.1, 0.15) is 5.82 Å². The molecule has 0 aliphatic carbocycles. The van der Waals surface area contributed by atoms with Gasteiger partial charge in [-0.1, -0.05) is 0 Å². The molecule has 0 radical (unpaired) electrons. The fraction of sp³-hybridized carbons (Fsp3) is 0.667. The van der Waals surface area contributed by atoms with E-state index in [0.29, 0.717) is 19.1 Å². The van der Waals surface area contributed by atoms with E-state index in [0.717, 1.165) is 17.9 Å². The molecule has 1 aliphatic heterocycles. The zero-order chi connectivity index (χ0) is 11.5. The highest BCUT2D eigenvalue weighted by Crippen LogP contribution is 2.24. The summed E-state index contributed by atoms with van der Waals surface area (Å²) in [4.78, 5) is 15.8. The van der Waals surface area contributed by atoms with Crippen molar-refractivity contribution in [2.75, 3.05) is 6.61 Å². The monoisotopic (exact) mass is 222 g/mol. The summed E-state index contributed by atoms with van der Waals surface area (Å²) in [6.45, 7) is 4.44. The number of carbonyl (C=O) groups is 1. The van der Waals surface area contributed by atoms with Crippen molar-refractivity contribution < 1.29 is 9.53 Å². The lowest BCUT2D eigenvalue weighted by molar-refractivity contribution is -0.142. The zero-order valence-corrected chi connectivity index (χ0v) is 9.90. The predicted molar refractivity (Wildman–Crippen MR) is 60.2 cm³/mol.